The van der Waals surface area contributed by atoms with Gasteiger partial charge in [0, 0.05) is 20.2 Å². The average Bonchev–Trinajstić information content (AvgIpc) is 2.43. The summed E-state index contributed by atoms with van der Waals surface area (Å²) >= 11 is 0. The zero-order valence-corrected chi connectivity index (χ0v) is 12.0. The van der Waals surface area contributed by atoms with Gasteiger partial charge in [-0.3, -0.25) is 0 Å². The van der Waals surface area contributed by atoms with Crippen molar-refractivity contribution in [3.63, 3.8) is 0 Å². The fraction of sp³-hybridized carbons (Fsp3) is 0.600. The molecular weight excluding hydrogens is 245 g/mol. The Labute approximate surface area is 115 Å². The van der Waals surface area contributed by atoms with Crippen molar-refractivity contribution in [2.45, 2.75) is 39.3 Å². The lowest BCUT2D eigenvalue weighted by Gasteiger charge is -2.16. The second-order valence-corrected chi connectivity index (χ2v) is 4.49. The van der Waals surface area contributed by atoms with E-state index in [2.05, 4.69) is 5.32 Å². The van der Waals surface area contributed by atoms with Gasteiger partial charge in [-0.15, -0.1) is 0 Å². The topological polar surface area (TPSA) is 30.5 Å². The molecule has 1 N–H and O–H groups in total. The maximum Gasteiger partial charge on any atom is 0.165 e. The van der Waals surface area contributed by atoms with Crippen molar-refractivity contribution in [3.8, 4) is 5.75 Å². The molecule has 1 aromatic rings. The van der Waals surface area contributed by atoms with Crippen LogP contribution in [0.15, 0.2) is 18.2 Å². The molecule has 19 heavy (non-hydrogen) atoms. The number of methoxy groups -OCH3 is 1. The summed E-state index contributed by atoms with van der Waals surface area (Å²) in [5, 5.41) is 3.18. The van der Waals surface area contributed by atoms with E-state index in [1.807, 2.05) is 19.9 Å². The molecule has 0 aliphatic heterocycles. The lowest BCUT2D eigenvalue weighted by molar-refractivity contribution is 0.184. The molecule has 1 rings (SSSR count). The summed E-state index contributed by atoms with van der Waals surface area (Å²) in [6.07, 6.45) is 1.85. The number of halogens is 1. The first-order valence-electron chi connectivity index (χ1n) is 6.86. The molecule has 0 aliphatic carbocycles. The van der Waals surface area contributed by atoms with Crippen LogP contribution >= 0.6 is 0 Å². The third-order valence-electron chi connectivity index (χ3n) is 3.01. The van der Waals surface area contributed by atoms with Gasteiger partial charge < -0.3 is 14.8 Å². The number of hydrogen-bond donors (Lipinski definition) is 1. The number of rotatable bonds is 9. The van der Waals surface area contributed by atoms with Gasteiger partial charge in [0.1, 0.15) is 0 Å². The summed E-state index contributed by atoms with van der Waals surface area (Å²) < 4.78 is 24.4. The van der Waals surface area contributed by atoms with Crippen LogP contribution in [0.1, 0.15) is 32.3 Å². The lowest BCUT2D eigenvalue weighted by atomic mass is 10.2. The standard InChI is InChI=1S/C15H24FNO2/c1-4-13(5-2)19-15-7-6-12(10-14(15)16)11-17-8-9-18-3/h6-7,10,13,17H,4-5,8-9,11H2,1-3H3. The van der Waals surface area contributed by atoms with Crippen LogP contribution < -0.4 is 10.1 Å². The summed E-state index contributed by atoms with van der Waals surface area (Å²) in [4.78, 5) is 0. The minimum absolute atomic E-state index is 0.0835. The van der Waals surface area contributed by atoms with Crippen LogP contribution in [0, 0.1) is 5.82 Å². The monoisotopic (exact) mass is 269 g/mol. The molecule has 4 heteroatoms. The Bertz CT molecular complexity index is 367. The molecule has 0 heterocycles. The second kappa shape index (κ2) is 8.88. The van der Waals surface area contributed by atoms with E-state index >= 15 is 0 Å². The smallest absolute Gasteiger partial charge is 0.165 e. The van der Waals surface area contributed by atoms with Gasteiger partial charge in [-0.25, -0.2) is 4.39 Å². The van der Waals surface area contributed by atoms with Crippen LogP contribution in [0.2, 0.25) is 0 Å². The average molecular weight is 269 g/mol. The molecule has 0 atom stereocenters. The van der Waals surface area contributed by atoms with Crippen LogP contribution in [0.25, 0.3) is 0 Å². The van der Waals surface area contributed by atoms with Gasteiger partial charge in [-0.2, -0.15) is 0 Å². The summed E-state index contributed by atoms with van der Waals surface area (Å²) in [6.45, 7) is 6.12. The number of hydrogen-bond acceptors (Lipinski definition) is 3. The van der Waals surface area contributed by atoms with Gasteiger partial charge in [0.15, 0.2) is 11.6 Å². The van der Waals surface area contributed by atoms with E-state index < -0.39 is 0 Å². The van der Waals surface area contributed by atoms with E-state index in [4.69, 9.17) is 9.47 Å². The van der Waals surface area contributed by atoms with Crippen LogP contribution in [0.5, 0.6) is 5.75 Å². The Balaban J connectivity index is 2.54. The molecule has 0 aliphatic rings. The largest absolute Gasteiger partial charge is 0.487 e. The molecular formula is C15H24FNO2. The Kier molecular flexibility index (Phi) is 7.45. The highest BCUT2D eigenvalue weighted by Crippen LogP contribution is 2.21. The predicted octanol–water partition coefficient (Wildman–Crippen LogP) is 3.13. The van der Waals surface area contributed by atoms with E-state index in [1.54, 1.807) is 13.2 Å². The molecule has 0 unspecified atom stereocenters. The van der Waals surface area contributed by atoms with E-state index in [1.165, 1.54) is 6.07 Å². The molecule has 0 amide bonds. The molecule has 3 nitrogen and oxygen atoms in total. The van der Waals surface area contributed by atoms with Gasteiger partial charge in [0.25, 0.3) is 0 Å². The third-order valence-corrected chi connectivity index (χ3v) is 3.01. The van der Waals surface area contributed by atoms with E-state index in [0.29, 0.717) is 18.9 Å². The first kappa shape index (κ1) is 15.9. The number of nitrogens with one attached hydrogen (secondary N) is 1. The minimum atomic E-state index is -0.294. The molecule has 0 aromatic heterocycles. The van der Waals surface area contributed by atoms with E-state index in [-0.39, 0.29) is 11.9 Å². The highest BCUT2D eigenvalue weighted by atomic mass is 19.1. The van der Waals surface area contributed by atoms with Gasteiger partial charge in [-0.05, 0) is 30.5 Å². The van der Waals surface area contributed by atoms with Gasteiger partial charge in [0.2, 0.25) is 0 Å². The summed E-state index contributed by atoms with van der Waals surface area (Å²) in [6, 6.07) is 5.12. The molecule has 0 radical (unpaired) electrons. The van der Waals surface area contributed by atoms with Gasteiger partial charge in [-0.1, -0.05) is 19.9 Å². The molecule has 0 spiro atoms. The molecule has 1 aromatic carbocycles. The Morgan fingerprint density at radius 1 is 1.26 bits per heavy atom. The Morgan fingerprint density at radius 2 is 2.00 bits per heavy atom. The highest BCUT2D eigenvalue weighted by molar-refractivity contribution is 5.29. The quantitative estimate of drug-likeness (QED) is 0.699. The van der Waals surface area contributed by atoms with Crippen molar-refractivity contribution in [1.29, 1.82) is 0 Å². The third kappa shape index (κ3) is 5.57. The van der Waals surface area contributed by atoms with Gasteiger partial charge >= 0.3 is 0 Å². The Morgan fingerprint density at radius 3 is 2.58 bits per heavy atom. The van der Waals surface area contributed by atoms with Gasteiger partial charge in [0.05, 0.1) is 12.7 Å². The number of benzene rings is 1. The molecule has 0 fully saturated rings. The summed E-state index contributed by atoms with van der Waals surface area (Å²) in [5.74, 6) is 0.0484. The van der Waals surface area contributed by atoms with Crippen molar-refractivity contribution >= 4 is 0 Å². The fourth-order valence-electron chi connectivity index (χ4n) is 1.79. The SMILES string of the molecule is CCC(CC)Oc1ccc(CNCCOC)cc1F. The highest BCUT2D eigenvalue weighted by Gasteiger charge is 2.10. The van der Waals surface area contributed by atoms with E-state index in [9.17, 15) is 4.39 Å². The van der Waals surface area contributed by atoms with E-state index in [0.717, 1.165) is 24.9 Å². The lowest BCUT2D eigenvalue weighted by Crippen LogP contribution is -2.19. The van der Waals surface area contributed by atoms with Crippen molar-refractivity contribution < 1.29 is 13.9 Å². The maximum atomic E-state index is 13.9. The van der Waals surface area contributed by atoms with Crippen molar-refractivity contribution in [2.24, 2.45) is 0 Å². The van der Waals surface area contributed by atoms with Crippen LogP contribution in [0.4, 0.5) is 4.39 Å². The molecule has 0 bridgehead atoms. The van der Waals surface area contributed by atoms with Crippen LogP contribution in [-0.4, -0.2) is 26.4 Å². The normalized spacial score (nSPS) is 11.0. The predicted molar refractivity (Wildman–Crippen MR) is 75.0 cm³/mol. The van der Waals surface area contributed by atoms with Crippen LogP contribution in [0.3, 0.4) is 0 Å². The fourth-order valence-corrected chi connectivity index (χ4v) is 1.79. The summed E-state index contributed by atoms with van der Waals surface area (Å²) in [5.41, 5.74) is 0.908. The summed E-state index contributed by atoms with van der Waals surface area (Å²) in [7, 11) is 1.66. The van der Waals surface area contributed by atoms with Crippen molar-refractivity contribution in [2.75, 3.05) is 20.3 Å². The molecule has 0 saturated carbocycles. The zero-order valence-electron chi connectivity index (χ0n) is 12.0. The first-order valence-corrected chi connectivity index (χ1v) is 6.86. The number of ether oxygens (including phenoxy) is 2. The van der Waals surface area contributed by atoms with Crippen LogP contribution in [-0.2, 0) is 11.3 Å². The van der Waals surface area contributed by atoms with Crippen molar-refractivity contribution in [1.82, 2.24) is 5.32 Å². The zero-order chi connectivity index (χ0) is 14.1. The molecule has 0 saturated heterocycles. The first-order chi connectivity index (χ1) is 9.21. The molecule has 108 valence electrons. The Hall–Kier alpha value is -1.13. The second-order valence-electron chi connectivity index (χ2n) is 4.49. The minimum Gasteiger partial charge on any atom is -0.487 e. The van der Waals surface area contributed by atoms with Crippen molar-refractivity contribution in [3.05, 3.63) is 29.6 Å². The maximum absolute atomic E-state index is 13.9.